The maximum Gasteiger partial charge on any atom is 0.343 e. The minimum atomic E-state index is -0.472. The number of nitrogens with zero attached hydrogens (tertiary/aromatic N) is 1. The molecule has 1 aliphatic rings. The second-order valence-corrected chi connectivity index (χ2v) is 4.72. The molecule has 2 aromatic rings. The van der Waals surface area contributed by atoms with Crippen LogP contribution in [0.1, 0.15) is 11.1 Å². The van der Waals surface area contributed by atoms with Crippen molar-refractivity contribution in [3.63, 3.8) is 0 Å². The molecule has 22 heavy (non-hydrogen) atoms. The Kier molecular flexibility index (Phi) is 3.53. The third-order valence-electron chi connectivity index (χ3n) is 3.19. The molecule has 0 bridgehead atoms. The third-order valence-corrected chi connectivity index (χ3v) is 3.19. The zero-order valence-electron chi connectivity index (χ0n) is 11.4. The Hall–Kier alpha value is -3.21. The highest BCUT2D eigenvalue weighted by atomic mass is 16.6. The molecule has 0 atom stereocenters. The molecule has 0 spiro atoms. The number of hydrogen-bond acceptors (Lipinski definition) is 4. The SMILES string of the molecule is O=C1OC(c2ccccc2)=C/C1=C\c1cccc([N+](=O)[O-])c1. The quantitative estimate of drug-likeness (QED) is 0.375. The summed E-state index contributed by atoms with van der Waals surface area (Å²) < 4.78 is 5.23. The van der Waals surface area contributed by atoms with Crippen LogP contribution in [0, 0.1) is 10.1 Å². The van der Waals surface area contributed by atoms with Crippen LogP contribution in [0.3, 0.4) is 0 Å². The Bertz CT molecular complexity index is 806. The van der Waals surface area contributed by atoms with E-state index in [-0.39, 0.29) is 5.69 Å². The van der Waals surface area contributed by atoms with E-state index in [1.54, 1.807) is 24.3 Å². The van der Waals surface area contributed by atoms with Crippen LogP contribution in [0.15, 0.2) is 66.2 Å². The van der Waals surface area contributed by atoms with Gasteiger partial charge in [-0.2, -0.15) is 0 Å². The normalized spacial score (nSPS) is 15.5. The van der Waals surface area contributed by atoms with E-state index in [2.05, 4.69) is 0 Å². The molecule has 108 valence electrons. The van der Waals surface area contributed by atoms with Gasteiger partial charge < -0.3 is 4.74 Å². The third kappa shape index (κ3) is 2.78. The van der Waals surface area contributed by atoms with Crippen molar-refractivity contribution in [1.29, 1.82) is 0 Å². The fraction of sp³-hybridized carbons (Fsp3) is 0. The van der Waals surface area contributed by atoms with Gasteiger partial charge in [0.25, 0.3) is 5.69 Å². The van der Waals surface area contributed by atoms with Gasteiger partial charge in [-0.15, -0.1) is 0 Å². The number of esters is 1. The average molecular weight is 293 g/mol. The van der Waals surface area contributed by atoms with Gasteiger partial charge in [0.1, 0.15) is 5.76 Å². The highest BCUT2D eigenvalue weighted by Crippen LogP contribution is 2.27. The Labute approximate surface area is 126 Å². The Morgan fingerprint density at radius 3 is 2.55 bits per heavy atom. The van der Waals surface area contributed by atoms with Gasteiger partial charge in [-0.3, -0.25) is 10.1 Å². The Morgan fingerprint density at radius 2 is 1.82 bits per heavy atom. The number of carbonyl (C=O) groups excluding carboxylic acids is 1. The summed E-state index contributed by atoms with van der Waals surface area (Å²) in [5.74, 6) is 0.00707. The lowest BCUT2D eigenvalue weighted by atomic mass is 10.1. The van der Waals surface area contributed by atoms with Gasteiger partial charge in [0.2, 0.25) is 0 Å². The predicted octanol–water partition coefficient (Wildman–Crippen LogP) is 3.58. The molecule has 0 amide bonds. The van der Waals surface area contributed by atoms with Crippen molar-refractivity contribution >= 4 is 23.5 Å². The highest BCUT2D eigenvalue weighted by molar-refractivity contribution is 6.05. The van der Waals surface area contributed by atoms with Crippen molar-refractivity contribution in [2.45, 2.75) is 0 Å². The van der Waals surface area contributed by atoms with Crippen molar-refractivity contribution < 1.29 is 14.5 Å². The number of hydrogen-bond donors (Lipinski definition) is 0. The van der Waals surface area contributed by atoms with Crippen molar-refractivity contribution in [2.24, 2.45) is 0 Å². The van der Waals surface area contributed by atoms with Gasteiger partial charge >= 0.3 is 5.97 Å². The first-order valence-corrected chi connectivity index (χ1v) is 6.59. The van der Waals surface area contributed by atoms with Crippen LogP contribution < -0.4 is 0 Å². The van der Waals surface area contributed by atoms with Crippen LogP contribution in [0.2, 0.25) is 0 Å². The number of cyclic esters (lactones) is 1. The van der Waals surface area contributed by atoms with Crippen LogP contribution in [0.5, 0.6) is 0 Å². The van der Waals surface area contributed by atoms with Crippen LogP contribution in [0.25, 0.3) is 11.8 Å². The highest BCUT2D eigenvalue weighted by Gasteiger charge is 2.21. The number of non-ortho nitro benzene ring substituents is 1. The fourth-order valence-electron chi connectivity index (χ4n) is 2.14. The molecule has 0 saturated heterocycles. The molecule has 0 aromatic heterocycles. The minimum absolute atomic E-state index is 0.0204. The second kappa shape index (κ2) is 5.65. The van der Waals surface area contributed by atoms with E-state index < -0.39 is 10.9 Å². The van der Waals surface area contributed by atoms with Gasteiger partial charge in [-0.1, -0.05) is 42.5 Å². The van der Waals surface area contributed by atoms with Gasteiger partial charge in [0.05, 0.1) is 10.5 Å². The fourth-order valence-corrected chi connectivity index (χ4v) is 2.14. The summed E-state index contributed by atoms with van der Waals surface area (Å²) in [6.07, 6.45) is 3.21. The van der Waals surface area contributed by atoms with E-state index in [1.807, 2.05) is 30.3 Å². The van der Waals surface area contributed by atoms with E-state index >= 15 is 0 Å². The van der Waals surface area contributed by atoms with Crippen molar-refractivity contribution in [3.05, 3.63) is 87.5 Å². The molecule has 5 heteroatoms. The Balaban J connectivity index is 1.94. The molecule has 2 aromatic carbocycles. The van der Waals surface area contributed by atoms with Gasteiger partial charge in [-0.05, 0) is 17.7 Å². The summed E-state index contributed by atoms with van der Waals surface area (Å²) in [5.41, 5.74) is 1.72. The lowest BCUT2D eigenvalue weighted by molar-refractivity contribution is -0.384. The molecule has 0 aliphatic carbocycles. The summed E-state index contributed by atoms with van der Waals surface area (Å²) in [4.78, 5) is 22.2. The molecule has 0 fully saturated rings. The predicted molar refractivity (Wildman–Crippen MR) is 81.6 cm³/mol. The first-order valence-electron chi connectivity index (χ1n) is 6.59. The van der Waals surface area contributed by atoms with Gasteiger partial charge in [0, 0.05) is 17.7 Å². The number of benzene rings is 2. The number of ether oxygens (including phenoxy) is 1. The van der Waals surface area contributed by atoms with Crippen molar-refractivity contribution in [1.82, 2.24) is 0 Å². The smallest absolute Gasteiger partial charge is 0.343 e. The number of nitro groups is 1. The summed E-state index contributed by atoms with van der Waals surface area (Å²) in [5, 5.41) is 10.8. The molecule has 0 saturated carbocycles. The van der Waals surface area contributed by atoms with Crippen LogP contribution in [0.4, 0.5) is 5.69 Å². The molecule has 0 unspecified atom stereocenters. The molecule has 1 heterocycles. The van der Waals surface area contributed by atoms with E-state index in [9.17, 15) is 14.9 Å². The van der Waals surface area contributed by atoms with Gasteiger partial charge in [-0.25, -0.2) is 4.79 Å². The molecule has 5 nitrogen and oxygen atoms in total. The van der Waals surface area contributed by atoms with E-state index in [4.69, 9.17) is 4.74 Å². The van der Waals surface area contributed by atoms with Gasteiger partial charge in [0.15, 0.2) is 0 Å². The average Bonchev–Trinajstić information content (AvgIpc) is 2.89. The summed E-state index contributed by atoms with van der Waals surface area (Å²) in [7, 11) is 0. The topological polar surface area (TPSA) is 69.4 Å². The Morgan fingerprint density at radius 1 is 1.05 bits per heavy atom. The monoisotopic (exact) mass is 293 g/mol. The second-order valence-electron chi connectivity index (χ2n) is 4.72. The standard InChI is InChI=1S/C17H11NO4/c19-17-14(9-12-5-4-8-15(10-12)18(20)21)11-16(22-17)13-6-2-1-3-7-13/h1-11H/b14-9+. The summed E-state index contributed by atoms with van der Waals surface area (Å²) >= 11 is 0. The summed E-state index contributed by atoms with van der Waals surface area (Å²) in [6, 6.07) is 15.4. The van der Waals surface area contributed by atoms with Crippen molar-refractivity contribution in [3.8, 4) is 0 Å². The zero-order valence-corrected chi connectivity index (χ0v) is 11.4. The maximum atomic E-state index is 11.9. The zero-order chi connectivity index (χ0) is 15.5. The molecule has 0 N–H and O–H groups in total. The first kappa shape index (κ1) is 13.8. The van der Waals surface area contributed by atoms with Crippen LogP contribution >= 0.6 is 0 Å². The molecule has 1 aliphatic heterocycles. The minimum Gasteiger partial charge on any atom is -0.422 e. The van der Waals surface area contributed by atoms with Crippen molar-refractivity contribution in [2.75, 3.05) is 0 Å². The largest absolute Gasteiger partial charge is 0.422 e. The molecule has 0 radical (unpaired) electrons. The molecular weight excluding hydrogens is 282 g/mol. The molecule has 3 rings (SSSR count). The number of rotatable bonds is 3. The van der Waals surface area contributed by atoms with Crippen LogP contribution in [-0.4, -0.2) is 10.9 Å². The maximum absolute atomic E-state index is 11.9. The van der Waals surface area contributed by atoms with E-state index in [0.29, 0.717) is 16.9 Å². The number of carbonyl (C=O) groups is 1. The first-order chi connectivity index (χ1) is 10.6. The molecular formula is C17H11NO4. The van der Waals surface area contributed by atoms with E-state index in [0.717, 1.165) is 5.56 Å². The lowest BCUT2D eigenvalue weighted by Gasteiger charge is -2.00. The van der Waals surface area contributed by atoms with Crippen LogP contribution in [-0.2, 0) is 9.53 Å². The lowest BCUT2D eigenvalue weighted by Crippen LogP contribution is -1.97. The summed E-state index contributed by atoms with van der Waals surface area (Å²) in [6.45, 7) is 0. The van der Waals surface area contributed by atoms with E-state index in [1.165, 1.54) is 12.1 Å². The number of nitro benzene ring substituents is 1.